The average molecular weight is 276 g/mol. The van der Waals surface area contributed by atoms with E-state index in [4.69, 9.17) is 0 Å². The Labute approximate surface area is 112 Å². The van der Waals surface area contributed by atoms with Gasteiger partial charge in [0.15, 0.2) is 0 Å². The molecule has 0 aliphatic heterocycles. The smallest absolute Gasteiger partial charge is 0.148 e. The molecule has 0 bridgehead atoms. The lowest BCUT2D eigenvalue weighted by Crippen LogP contribution is -2.36. The third-order valence-electron chi connectivity index (χ3n) is 3.28. The van der Waals surface area contributed by atoms with E-state index < -0.39 is 9.84 Å². The van der Waals surface area contributed by atoms with Crippen LogP contribution in [0.5, 0.6) is 0 Å². The molecule has 0 amide bonds. The molecular formula is C13H28N2O2S. The minimum Gasteiger partial charge on any atom is -0.314 e. The van der Waals surface area contributed by atoms with Gasteiger partial charge in [0.2, 0.25) is 0 Å². The largest absolute Gasteiger partial charge is 0.314 e. The summed E-state index contributed by atoms with van der Waals surface area (Å²) in [5.74, 6) is 0.993. The molecule has 0 radical (unpaired) electrons. The predicted octanol–water partition coefficient (Wildman–Crippen LogP) is 1.13. The summed E-state index contributed by atoms with van der Waals surface area (Å²) >= 11 is 0. The van der Waals surface area contributed by atoms with Gasteiger partial charge in [-0.15, -0.1) is 0 Å². The van der Waals surface area contributed by atoms with Gasteiger partial charge in [0.25, 0.3) is 0 Å². The van der Waals surface area contributed by atoms with Crippen molar-refractivity contribution < 1.29 is 8.42 Å². The van der Waals surface area contributed by atoms with Crippen LogP contribution in [0.4, 0.5) is 0 Å². The van der Waals surface area contributed by atoms with Crippen LogP contribution in [0.15, 0.2) is 0 Å². The van der Waals surface area contributed by atoms with Gasteiger partial charge in [-0.1, -0.05) is 13.8 Å². The molecule has 18 heavy (non-hydrogen) atoms. The van der Waals surface area contributed by atoms with Gasteiger partial charge >= 0.3 is 0 Å². The third kappa shape index (κ3) is 8.06. The van der Waals surface area contributed by atoms with Gasteiger partial charge in [0, 0.05) is 31.9 Å². The molecule has 0 aromatic carbocycles. The van der Waals surface area contributed by atoms with E-state index in [9.17, 15) is 8.42 Å². The summed E-state index contributed by atoms with van der Waals surface area (Å²) in [5.41, 5.74) is 0. The predicted molar refractivity (Wildman–Crippen MR) is 76.6 cm³/mol. The Morgan fingerprint density at radius 3 is 2.39 bits per heavy atom. The van der Waals surface area contributed by atoms with E-state index in [0.717, 1.165) is 25.0 Å². The monoisotopic (exact) mass is 276 g/mol. The quantitative estimate of drug-likeness (QED) is 0.608. The maximum atomic E-state index is 11.0. The summed E-state index contributed by atoms with van der Waals surface area (Å²) < 4.78 is 21.9. The van der Waals surface area contributed by atoms with E-state index in [1.54, 1.807) is 0 Å². The van der Waals surface area contributed by atoms with Crippen molar-refractivity contribution in [3.05, 3.63) is 0 Å². The van der Waals surface area contributed by atoms with Gasteiger partial charge in [0.1, 0.15) is 9.84 Å². The van der Waals surface area contributed by atoms with Crippen molar-refractivity contribution in [1.29, 1.82) is 0 Å². The van der Waals surface area contributed by atoms with Crippen molar-refractivity contribution in [2.45, 2.75) is 39.2 Å². The zero-order valence-corrected chi connectivity index (χ0v) is 12.8. The highest BCUT2D eigenvalue weighted by molar-refractivity contribution is 7.90. The molecule has 1 saturated carbocycles. The minimum atomic E-state index is -2.83. The van der Waals surface area contributed by atoms with E-state index in [0.29, 0.717) is 6.54 Å². The number of sulfone groups is 1. The fraction of sp³-hybridized carbons (Fsp3) is 1.00. The fourth-order valence-corrected chi connectivity index (χ4v) is 2.46. The van der Waals surface area contributed by atoms with Gasteiger partial charge in [-0.25, -0.2) is 8.42 Å². The van der Waals surface area contributed by atoms with Crippen molar-refractivity contribution in [2.75, 3.05) is 38.2 Å². The molecule has 0 spiro atoms. The lowest BCUT2D eigenvalue weighted by Gasteiger charge is -2.23. The first kappa shape index (κ1) is 15.9. The summed E-state index contributed by atoms with van der Waals surface area (Å²) in [6.45, 7) is 8.20. The van der Waals surface area contributed by atoms with Gasteiger partial charge in [-0.05, 0) is 31.7 Å². The highest BCUT2D eigenvalue weighted by Crippen LogP contribution is 2.26. The van der Waals surface area contributed by atoms with Gasteiger partial charge < -0.3 is 5.32 Å². The van der Waals surface area contributed by atoms with Crippen molar-refractivity contribution in [3.63, 3.8) is 0 Å². The number of hydrogen-bond donors (Lipinski definition) is 1. The maximum Gasteiger partial charge on any atom is 0.148 e. The van der Waals surface area contributed by atoms with E-state index in [2.05, 4.69) is 24.1 Å². The molecular weight excluding hydrogens is 248 g/mol. The van der Waals surface area contributed by atoms with E-state index in [1.807, 2.05) is 0 Å². The van der Waals surface area contributed by atoms with Crippen molar-refractivity contribution in [1.82, 2.24) is 10.2 Å². The Kier molecular flexibility index (Phi) is 6.60. The van der Waals surface area contributed by atoms with E-state index in [1.165, 1.54) is 32.1 Å². The standard InChI is InChI=1S/C13H28N2O2S/c1-12(2)6-9-15(13-4-5-13)10-7-14-8-11-18(3,16)17/h12-14H,4-11H2,1-3H3. The first-order valence-electron chi connectivity index (χ1n) is 7.01. The Morgan fingerprint density at radius 2 is 1.89 bits per heavy atom. The molecule has 0 aromatic rings. The lowest BCUT2D eigenvalue weighted by atomic mass is 10.1. The molecule has 1 aliphatic carbocycles. The topological polar surface area (TPSA) is 49.4 Å². The van der Waals surface area contributed by atoms with Gasteiger partial charge in [-0.3, -0.25) is 4.90 Å². The molecule has 0 atom stereocenters. The zero-order valence-electron chi connectivity index (χ0n) is 12.0. The Bertz CT molecular complexity index is 324. The first-order valence-corrected chi connectivity index (χ1v) is 9.07. The van der Waals surface area contributed by atoms with E-state index in [-0.39, 0.29) is 5.75 Å². The number of rotatable bonds is 10. The lowest BCUT2D eigenvalue weighted by molar-refractivity contribution is 0.248. The van der Waals surface area contributed by atoms with Crippen LogP contribution in [0.3, 0.4) is 0 Å². The third-order valence-corrected chi connectivity index (χ3v) is 4.23. The number of nitrogens with one attached hydrogen (secondary N) is 1. The van der Waals surface area contributed by atoms with Crippen LogP contribution in [0.1, 0.15) is 33.1 Å². The number of hydrogen-bond acceptors (Lipinski definition) is 4. The number of nitrogens with zero attached hydrogens (tertiary/aromatic N) is 1. The van der Waals surface area contributed by atoms with Crippen LogP contribution in [0.2, 0.25) is 0 Å². The summed E-state index contributed by atoms with van der Waals surface area (Å²) in [4.78, 5) is 2.55. The zero-order chi connectivity index (χ0) is 13.6. The highest BCUT2D eigenvalue weighted by atomic mass is 32.2. The molecule has 1 fully saturated rings. The molecule has 1 N–H and O–H groups in total. The fourth-order valence-electron chi connectivity index (χ4n) is 1.95. The normalized spacial score (nSPS) is 16.7. The van der Waals surface area contributed by atoms with Crippen molar-refractivity contribution in [2.24, 2.45) is 5.92 Å². The first-order chi connectivity index (χ1) is 8.38. The van der Waals surface area contributed by atoms with Crippen LogP contribution < -0.4 is 5.32 Å². The summed E-state index contributed by atoms with van der Waals surface area (Å²) in [6, 6.07) is 0.792. The minimum absolute atomic E-state index is 0.239. The highest BCUT2D eigenvalue weighted by Gasteiger charge is 2.28. The second kappa shape index (κ2) is 7.46. The molecule has 1 aliphatic rings. The molecule has 4 nitrogen and oxygen atoms in total. The molecule has 0 unspecified atom stereocenters. The van der Waals surface area contributed by atoms with Gasteiger partial charge in [-0.2, -0.15) is 0 Å². The molecule has 1 rings (SSSR count). The molecule has 0 saturated heterocycles. The van der Waals surface area contributed by atoms with Crippen LogP contribution in [0, 0.1) is 5.92 Å². The molecule has 0 heterocycles. The van der Waals surface area contributed by atoms with Crippen LogP contribution >= 0.6 is 0 Å². The van der Waals surface area contributed by atoms with E-state index >= 15 is 0 Å². The second-order valence-electron chi connectivity index (χ2n) is 5.83. The summed E-state index contributed by atoms with van der Waals surface area (Å²) in [5, 5.41) is 3.22. The van der Waals surface area contributed by atoms with Crippen LogP contribution in [-0.4, -0.2) is 57.5 Å². The van der Waals surface area contributed by atoms with Crippen LogP contribution in [-0.2, 0) is 9.84 Å². The molecule has 0 aromatic heterocycles. The van der Waals surface area contributed by atoms with Crippen molar-refractivity contribution in [3.8, 4) is 0 Å². The van der Waals surface area contributed by atoms with Crippen molar-refractivity contribution >= 4 is 9.84 Å². The Morgan fingerprint density at radius 1 is 1.22 bits per heavy atom. The second-order valence-corrected chi connectivity index (χ2v) is 8.09. The SMILES string of the molecule is CC(C)CCN(CCNCCS(C)(=O)=O)C1CC1. The Hall–Kier alpha value is -0.130. The molecule has 108 valence electrons. The average Bonchev–Trinajstić information content (AvgIpc) is 3.03. The maximum absolute atomic E-state index is 11.0. The van der Waals surface area contributed by atoms with Crippen LogP contribution in [0.25, 0.3) is 0 Å². The molecule has 5 heteroatoms. The van der Waals surface area contributed by atoms with Gasteiger partial charge in [0.05, 0.1) is 5.75 Å². The summed E-state index contributed by atoms with van der Waals surface area (Å²) in [7, 11) is -2.83. The summed E-state index contributed by atoms with van der Waals surface area (Å²) in [6.07, 6.45) is 5.20. The Balaban J connectivity index is 2.10.